The van der Waals surface area contributed by atoms with Crippen molar-refractivity contribution in [3.05, 3.63) is 40.8 Å². The zero-order valence-electron chi connectivity index (χ0n) is 19.5. The van der Waals surface area contributed by atoms with Crippen molar-refractivity contribution in [2.45, 2.75) is 43.3 Å². The highest BCUT2D eigenvalue weighted by molar-refractivity contribution is 8.04. The smallest absolute Gasteiger partial charge is 0.382 e. The molecule has 0 radical (unpaired) electrons. The zero-order valence-corrected chi connectivity index (χ0v) is 21.1. The highest BCUT2D eigenvalue weighted by Crippen LogP contribution is 2.51. The molecule has 0 aromatic heterocycles. The molecule has 194 valence electrons. The fraction of sp³-hybridized carbons (Fsp3) is 0.522. The monoisotopic (exact) mass is 541 g/mol. The molecule has 2 unspecified atom stereocenters. The molecule has 1 amide bonds. The van der Waals surface area contributed by atoms with Crippen molar-refractivity contribution >= 4 is 45.6 Å². The van der Waals surface area contributed by atoms with Gasteiger partial charge in [-0.3, -0.25) is 9.79 Å². The van der Waals surface area contributed by atoms with Crippen molar-refractivity contribution in [1.29, 1.82) is 0 Å². The molecule has 5 rings (SSSR count). The second-order valence-electron chi connectivity index (χ2n) is 9.91. The molecule has 36 heavy (non-hydrogen) atoms. The molecule has 1 aliphatic carbocycles. The molecule has 1 aromatic rings. The molecule has 2 atom stereocenters. The lowest BCUT2D eigenvalue weighted by molar-refractivity contribution is -0.125. The summed E-state index contributed by atoms with van der Waals surface area (Å²) >= 11 is 1.18. The van der Waals surface area contributed by atoms with Gasteiger partial charge in [-0.2, -0.15) is 13.2 Å². The molecule has 4 aliphatic rings. The number of benzene rings is 1. The second-order valence-corrected chi connectivity index (χ2v) is 12.9. The number of thioether (sulfide) groups is 1. The number of hydrogen-bond donors (Lipinski definition) is 2. The minimum atomic E-state index is -4.23. The summed E-state index contributed by atoms with van der Waals surface area (Å²) in [5, 5.41) is 3.19. The molecular weight excluding hydrogens is 515 g/mol. The van der Waals surface area contributed by atoms with Crippen LogP contribution in [0.4, 0.5) is 18.9 Å². The fourth-order valence-electron chi connectivity index (χ4n) is 5.44. The topological polar surface area (TPSA) is 103 Å². The Kier molecular flexibility index (Phi) is 6.34. The van der Waals surface area contributed by atoms with Crippen LogP contribution in [-0.2, 0) is 10.0 Å². The van der Waals surface area contributed by atoms with Crippen LogP contribution in [0.15, 0.2) is 45.2 Å². The average molecular weight is 542 g/mol. The van der Waals surface area contributed by atoms with Gasteiger partial charge in [0.05, 0.1) is 18.6 Å². The highest BCUT2D eigenvalue weighted by Gasteiger charge is 2.50. The molecule has 1 aromatic carbocycles. The average Bonchev–Trinajstić information content (AvgIpc) is 3.35. The maximum atomic E-state index is 12.9. The first-order valence-corrected chi connectivity index (χ1v) is 14.3. The van der Waals surface area contributed by atoms with Crippen LogP contribution < -0.4 is 10.0 Å². The largest absolute Gasteiger partial charge is 0.393 e. The minimum absolute atomic E-state index is 0.143. The van der Waals surface area contributed by atoms with E-state index in [2.05, 4.69) is 20.2 Å². The van der Waals surface area contributed by atoms with Gasteiger partial charge in [-0.1, -0.05) is 6.08 Å². The van der Waals surface area contributed by atoms with Crippen molar-refractivity contribution in [2.24, 2.45) is 21.3 Å². The summed E-state index contributed by atoms with van der Waals surface area (Å²) in [6, 6.07) is 6.93. The van der Waals surface area contributed by atoms with Crippen LogP contribution >= 0.6 is 11.8 Å². The Morgan fingerprint density at radius 1 is 1.25 bits per heavy atom. The van der Waals surface area contributed by atoms with Gasteiger partial charge in [-0.15, -0.1) is 11.8 Å². The highest BCUT2D eigenvalue weighted by atomic mass is 32.2. The van der Waals surface area contributed by atoms with Gasteiger partial charge in [0.1, 0.15) is 17.5 Å². The number of hydrogen-bond acceptors (Lipinski definition) is 8. The molecule has 8 nitrogen and oxygen atoms in total. The number of rotatable bonds is 5. The second kappa shape index (κ2) is 9.09. The van der Waals surface area contributed by atoms with Gasteiger partial charge in [0.25, 0.3) is 5.91 Å². The first kappa shape index (κ1) is 25.1. The SMILES string of the molecule is CS(=O)(=O)NC(=O)c1ccc(NC2CC3(CCN(C4=NC=NC5SC(CC(F)(F)F)=CC45)C3)C2)cc1. The molecule has 13 heteroatoms. The number of anilines is 1. The van der Waals surface area contributed by atoms with Gasteiger partial charge in [-0.25, -0.2) is 18.1 Å². The number of amidine groups is 1. The number of fused-ring (bicyclic) bond motifs is 1. The Morgan fingerprint density at radius 2 is 1.97 bits per heavy atom. The standard InChI is InChI=1S/C23H26F3N5O3S2/c1-36(33,34)30-20(32)14-2-4-15(5-3-14)29-16-9-22(10-16)6-7-31(12-22)19-18-8-17(11-23(24,25)26)35-21(18)28-13-27-19/h2-5,8,13,16,18,21,29H,6-7,9-12H2,1H3,(H,30,32). The number of nitrogens with zero attached hydrogens (tertiary/aromatic N) is 3. The van der Waals surface area contributed by atoms with E-state index in [0.29, 0.717) is 4.91 Å². The van der Waals surface area contributed by atoms with Crippen LogP contribution in [0.5, 0.6) is 0 Å². The number of nitrogens with one attached hydrogen (secondary N) is 2. The number of allylic oxidation sites excluding steroid dienone is 1. The third-order valence-corrected chi connectivity index (χ3v) is 8.73. The van der Waals surface area contributed by atoms with E-state index >= 15 is 0 Å². The van der Waals surface area contributed by atoms with Crippen LogP contribution in [-0.4, -0.2) is 68.3 Å². The van der Waals surface area contributed by atoms with E-state index in [0.717, 1.165) is 50.1 Å². The Balaban J connectivity index is 1.15. The Labute approximate surface area is 211 Å². The number of carbonyl (C=O) groups is 1. The third kappa shape index (κ3) is 5.56. The Hall–Kier alpha value is -2.54. The molecule has 2 N–H and O–H groups in total. The van der Waals surface area contributed by atoms with Crippen molar-refractivity contribution in [1.82, 2.24) is 9.62 Å². The number of sulfonamides is 1. The van der Waals surface area contributed by atoms with E-state index in [1.807, 2.05) is 4.72 Å². The van der Waals surface area contributed by atoms with Gasteiger partial charge in [0.15, 0.2) is 0 Å². The van der Waals surface area contributed by atoms with E-state index in [1.165, 1.54) is 18.1 Å². The van der Waals surface area contributed by atoms with Crippen LogP contribution in [0.25, 0.3) is 0 Å². The van der Waals surface area contributed by atoms with E-state index in [-0.39, 0.29) is 28.3 Å². The third-order valence-electron chi connectivity index (χ3n) is 6.94. The Morgan fingerprint density at radius 3 is 2.64 bits per heavy atom. The van der Waals surface area contributed by atoms with E-state index in [9.17, 15) is 26.4 Å². The van der Waals surface area contributed by atoms with Crippen LogP contribution in [0.2, 0.25) is 0 Å². The molecular formula is C23H26F3N5O3S2. The van der Waals surface area contributed by atoms with Crippen molar-refractivity contribution in [3.8, 4) is 0 Å². The first-order chi connectivity index (χ1) is 16.9. The van der Waals surface area contributed by atoms with E-state index in [4.69, 9.17) is 0 Å². The predicted molar refractivity (Wildman–Crippen MR) is 134 cm³/mol. The quantitative estimate of drug-likeness (QED) is 0.591. The lowest BCUT2D eigenvalue weighted by atomic mass is 9.65. The summed E-state index contributed by atoms with van der Waals surface area (Å²) in [5.41, 5.74) is 1.25. The van der Waals surface area contributed by atoms with Crippen molar-refractivity contribution in [3.63, 3.8) is 0 Å². The number of halogens is 3. The molecule has 3 heterocycles. The molecule has 0 bridgehead atoms. The molecule has 1 spiro atoms. The van der Waals surface area contributed by atoms with E-state index in [1.54, 1.807) is 30.3 Å². The van der Waals surface area contributed by atoms with Gasteiger partial charge >= 0.3 is 6.18 Å². The summed E-state index contributed by atoms with van der Waals surface area (Å²) in [7, 11) is -3.62. The summed E-state index contributed by atoms with van der Waals surface area (Å²) in [4.78, 5) is 23.2. The van der Waals surface area contributed by atoms with Crippen molar-refractivity contribution < 1.29 is 26.4 Å². The first-order valence-electron chi connectivity index (χ1n) is 11.6. The van der Waals surface area contributed by atoms with Crippen LogP contribution in [0.3, 0.4) is 0 Å². The number of carbonyl (C=O) groups excluding carboxylic acids is 1. The van der Waals surface area contributed by atoms with Crippen LogP contribution in [0.1, 0.15) is 36.0 Å². The summed E-state index contributed by atoms with van der Waals surface area (Å²) in [5.74, 6) is -0.0764. The maximum Gasteiger partial charge on any atom is 0.393 e. The number of likely N-dealkylation sites (tertiary alicyclic amines) is 1. The van der Waals surface area contributed by atoms with Gasteiger partial charge in [0, 0.05) is 30.4 Å². The molecule has 3 aliphatic heterocycles. The maximum absolute atomic E-state index is 12.9. The van der Waals surface area contributed by atoms with Crippen LogP contribution in [0, 0.1) is 11.3 Å². The molecule has 2 fully saturated rings. The summed E-state index contributed by atoms with van der Waals surface area (Å²) < 4.78 is 63.0. The van der Waals surface area contributed by atoms with Crippen molar-refractivity contribution in [2.75, 3.05) is 24.7 Å². The normalized spacial score (nSPS) is 29.4. The predicted octanol–water partition coefficient (Wildman–Crippen LogP) is 3.61. The molecule has 1 saturated heterocycles. The zero-order chi connectivity index (χ0) is 25.7. The minimum Gasteiger partial charge on any atom is -0.382 e. The van der Waals surface area contributed by atoms with Gasteiger partial charge < -0.3 is 10.2 Å². The van der Waals surface area contributed by atoms with Gasteiger partial charge in [-0.05, 0) is 53.8 Å². The number of amides is 1. The number of alkyl halides is 3. The summed E-state index contributed by atoms with van der Waals surface area (Å²) in [6.07, 6.45) is 1.85. The summed E-state index contributed by atoms with van der Waals surface area (Å²) in [6.45, 7) is 1.64. The van der Waals surface area contributed by atoms with E-state index < -0.39 is 28.5 Å². The molecule has 1 saturated carbocycles. The number of aliphatic imine (C=N–C) groups is 2. The van der Waals surface area contributed by atoms with Gasteiger partial charge in [0.2, 0.25) is 10.0 Å². The lowest BCUT2D eigenvalue weighted by Gasteiger charge is -2.46. The fourth-order valence-corrected chi connectivity index (χ4v) is 7.14. The Bertz CT molecular complexity index is 1240. The lowest BCUT2D eigenvalue weighted by Crippen LogP contribution is -2.48.